The second kappa shape index (κ2) is 46.9. The van der Waals surface area contributed by atoms with Crippen LogP contribution < -0.4 is 0 Å². The molecule has 0 saturated carbocycles. The Kier molecular flexibility index (Phi) is 44.7. The maximum Gasteiger partial charge on any atom is 0.397 e. The van der Waals surface area contributed by atoms with Crippen molar-refractivity contribution < 1.29 is 56.2 Å². The molecule has 0 amide bonds. The van der Waals surface area contributed by atoms with Gasteiger partial charge < -0.3 is 34.3 Å². The molecule has 0 aliphatic carbocycles. The molecule has 1 aliphatic heterocycles. The van der Waals surface area contributed by atoms with Gasteiger partial charge in [0.2, 0.25) is 0 Å². The number of allylic oxidation sites excluding steroid dienone is 2. The predicted molar refractivity (Wildman–Crippen MR) is 276 cm³/mol. The van der Waals surface area contributed by atoms with Crippen LogP contribution in [0.2, 0.25) is 0 Å². The van der Waals surface area contributed by atoms with E-state index in [0.29, 0.717) is 13.0 Å². The summed E-state index contributed by atoms with van der Waals surface area (Å²) < 4.78 is 59.4. The summed E-state index contributed by atoms with van der Waals surface area (Å²) in [6, 6.07) is 0. The second-order valence-corrected chi connectivity index (χ2v) is 20.9. The van der Waals surface area contributed by atoms with Gasteiger partial charge in [-0.2, -0.15) is 8.42 Å². The van der Waals surface area contributed by atoms with Gasteiger partial charge in [-0.05, 0) is 38.5 Å². The number of rotatable bonds is 51. The van der Waals surface area contributed by atoms with Gasteiger partial charge in [0.25, 0.3) is 0 Å². The lowest BCUT2D eigenvalue weighted by Gasteiger charge is -2.41. The highest BCUT2D eigenvalue weighted by Gasteiger charge is 2.48. The summed E-state index contributed by atoms with van der Waals surface area (Å²) in [5.41, 5.74) is 0. The molecule has 1 aliphatic rings. The zero-order valence-corrected chi connectivity index (χ0v) is 44.5. The lowest BCUT2D eigenvalue weighted by molar-refractivity contribution is -0.301. The van der Waals surface area contributed by atoms with Crippen LogP contribution in [-0.4, -0.2) is 97.5 Å². The van der Waals surface area contributed by atoms with Crippen LogP contribution in [0.25, 0.3) is 0 Å². The molecule has 0 aromatic carbocycles. The Morgan fingerprint density at radius 2 is 0.926 bits per heavy atom. The van der Waals surface area contributed by atoms with Gasteiger partial charge >= 0.3 is 16.4 Å². The van der Waals surface area contributed by atoms with Gasteiger partial charge in [0.15, 0.2) is 6.29 Å². The zero-order chi connectivity index (χ0) is 49.6. The predicted octanol–water partition coefficient (Wildman–Crippen LogP) is 13.8. The molecular weight excluding hydrogens is 885 g/mol. The number of hydrogen-bond donors (Lipinski definition) is 4. The number of ether oxygens (including phenoxy) is 4. The van der Waals surface area contributed by atoms with E-state index < -0.39 is 59.8 Å². The molecule has 1 saturated heterocycles. The summed E-state index contributed by atoms with van der Waals surface area (Å²) >= 11 is 0. The average Bonchev–Trinajstić information content (AvgIpc) is 3.31. The van der Waals surface area contributed by atoms with Crippen molar-refractivity contribution >= 4 is 16.4 Å². The molecule has 0 spiro atoms. The van der Waals surface area contributed by atoms with E-state index >= 15 is 0 Å². The molecule has 404 valence electrons. The van der Waals surface area contributed by atoms with Crippen molar-refractivity contribution in [3.63, 3.8) is 0 Å². The third-order valence-corrected chi connectivity index (χ3v) is 13.9. The third kappa shape index (κ3) is 39.5. The topological polar surface area (TPSA) is 178 Å². The van der Waals surface area contributed by atoms with E-state index in [1.807, 2.05) is 0 Å². The summed E-state index contributed by atoms with van der Waals surface area (Å²) in [5, 5.41) is 30.8. The van der Waals surface area contributed by atoms with Gasteiger partial charge in [-0.25, -0.2) is 4.18 Å². The van der Waals surface area contributed by atoms with Crippen LogP contribution in [0, 0.1) is 0 Å². The first-order valence-electron chi connectivity index (χ1n) is 28.4. The van der Waals surface area contributed by atoms with E-state index in [2.05, 4.69) is 30.2 Å². The Hall–Kier alpha value is -1.16. The maximum atomic E-state index is 12.9. The highest BCUT2D eigenvalue weighted by atomic mass is 32.3. The molecule has 12 nitrogen and oxygen atoms in total. The number of carbonyl (C=O) groups excluding carboxylic acids is 1. The fraction of sp³-hybridized carbons (Fsp3) is 0.945. The molecule has 6 unspecified atom stereocenters. The van der Waals surface area contributed by atoms with E-state index in [1.54, 1.807) is 0 Å². The number of hydrogen-bond acceptors (Lipinski definition) is 11. The van der Waals surface area contributed by atoms with Gasteiger partial charge in [0.1, 0.15) is 30.5 Å². The van der Waals surface area contributed by atoms with E-state index in [4.69, 9.17) is 18.9 Å². The van der Waals surface area contributed by atoms with Crippen LogP contribution in [0.15, 0.2) is 12.2 Å². The molecule has 68 heavy (non-hydrogen) atoms. The summed E-state index contributed by atoms with van der Waals surface area (Å²) in [7, 11) is -5.06. The first-order valence-corrected chi connectivity index (χ1v) is 29.8. The molecule has 1 heterocycles. The van der Waals surface area contributed by atoms with Gasteiger partial charge in [0.05, 0.1) is 19.8 Å². The number of esters is 1. The fourth-order valence-corrected chi connectivity index (χ4v) is 9.59. The molecule has 0 aromatic rings. The molecule has 1 rings (SSSR count). The number of unbranched alkanes of at least 4 members (excludes halogenated alkanes) is 36. The number of aliphatic hydroxyl groups excluding tert-OH is 3. The monoisotopic (exact) mass is 991 g/mol. The van der Waals surface area contributed by atoms with Crippen LogP contribution in [0.5, 0.6) is 0 Å². The average molecular weight is 992 g/mol. The summed E-state index contributed by atoms with van der Waals surface area (Å²) in [5.74, 6) is -0.392. The Morgan fingerprint density at radius 1 is 0.544 bits per heavy atom. The van der Waals surface area contributed by atoms with Crippen LogP contribution in [0.4, 0.5) is 0 Å². The summed E-state index contributed by atoms with van der Waals surface area (Å²) in [6.45, 7) is 4.05. The SMILES string of the molecule is CCCCCCCC/C=C\CCCCCCCCCCOCC(COC1OC(CO)C(O)C(OS(=O)(=O)O)C1O)OC(=O)CCCCCCCCCCCCCCCCCCCCCCCCC. The Bertz CT molecular complexity index is 1240. The Balaban J connectivity index is 2.29. The van der Waals surface area contributed by atoms with Crippen molar-refractivity contribution in [3.05, 3.63) is 12.2 Å². The minimum Gasteiger partial charge on any atom is -0.457 e. The minimum absolute atomic E-state index is 0.0400. The third-order valence-electron chi connectivity index (χ3n) is 13.4. The Labute approximate surface area is 417 Å². The van der Waals surface area contributed by atoms with Gasteiger partial charge in [-0.15, -0.1) is 0 Å². The molecule has 0 aromatic heterocycles. The lowest BCUT2D eigenvalue weighted by atomic mass is 9.99. The first-order chi connectivity index (χ1) is 33.1. The van der Waals surface area contributed by atoms with E-state index in [1.165, 1.54) is 205 Å². The van der Waals surface area contributed by atoms with Crippen molar-refractivity contribution in [2.24, 2.45) is 0 Å². The lowest BCUT2D eigenvalue weighted by Crippen LogP contribution is -2.60. The second-order valence-electron chi connectivity index (χ2n) is 19.9. The van der Waals surface area contributed by atoms with Crippen molar-refractivity contribution in [3.8, 4) is 0 Å². The largest absolute Gasteiger partial charge is 0.457 e. The molecule has 4 N–H and O–H groups in total. The molecule has 1 fully saturated rings. The summed E-state index contributed by atoms with van der Waals surface area (Å²) in [4.78, 5) is 12.9. The van der Waals surface area contributed by atoms with Gasteiger partial charge in [0, 0.05) is 13.0 Å². The number of carbonyl (C=O) groups is 1. The maximum absolute atomic E-state index is 12.9. The van der Waals surface area contributed by atoms with Crippen molar-refractivity contribution in [2.75, 3.05) is 26.4 Å². The molecular formula is C55H106O12S. The zero-order valence-electron chi connectivity index (χ0n) is 43.7. The molecule has 0 bridgehead atoms. The van der Waals surface area contributed by atoms with Gasteiger partial charge in [-0.3, -0.25) is 9.35 Å². The minimum atomic E-state index is -5.06. The molecule has 6 atom stereocenters. The quantitative estimate of drug-likeness (QED) is 0.0196. The normalized spacial score (nSPS) is 19.3. The molecule has 13 heteroatoms. The first kappa shape index (κ1) is 64.9. The van der Waals surface area contributed by atoms with Crippen molar-refractivity contribution in [2.45, 2.75) is 307 Å². The number of aliphatic hydroxyl groups is 3. The van der Waals surface area contributed by atoms with Gasteiger partial charge in [-0.1, -0.05) is 238 Å². The fourth-order valence-electron chi connectivity index (χ4n) is 9.08. The van der Waals surface area contributed by atoms with Crippen LogP contribution in [0.3, 0.4) is 0 Å². The van der Waals surface area contributed by atoms with E-state index in [0.717, 1.165) is 38.5 Å². The van der Waals surface area contributed by atoms with Crippen molar-refractivity contribution in [1.29, 1.82) is 0 Å². The van der Waals surface area contributed by atoms with Crippen molar-refractivity contribution in [1.82, 2.24) is 0 Å². The van der Waals surface area contributed by atoms with Crippen LogP contribution in [0.1, 0.15) is 271 Å². The Morgan fingerprint density at radius 3 is 1.32 bits per heavy atom. The molecule has 0 radical (unpaired) electrons. The highest BCUT2D eigenvalue weighted by molar-refractivity contribution is 7.80. The van der Waals surface area contributed by atoms with E-state index in [-0.39, 0.29) is 19.6 Å². The highest BCUT2D eigenvalue weighted by Crippen LogP contribution is 2.26. The smallest absolute Gasteiger partial charge is 0.397 e. The standard InChI is InChI=1S/C55H106O12S/c1-3-5-7-9-11-13-15-17-19-21-23-24-25-26-27-28-30-32-34-36-38-40-42-44-51(57)65-49(48-64-55-53(59)54(67-68(60,61)62)52(58)50(46-56)66-55)47-63-45-43-41-39-37-35-33-31-29-22-20-18-16-14-12-10-8-6-4-2/h18,20,49-50,52-56,58-59H,3-17,19,21-48H2,1-2H3,(H,60,61,62)/b20-18-. The summed E-state index contributed by atoms with van der Waals surface area (Å²) in [6.07, 6.45) is 45.3. The van der Waals surface area contributed by atoms with Crippen LogP contribution >= 0.6 is 0 Å². The van der Waals surface area contributed by atoms with E-state index in [9.17, 15) is 33.1 Å². The van der Waals surface area contributed by atoms with Crippen LogP contribution in [-0.2, 0) is 38.3 Å².